The minimum Gasteiger partial charge on any atom is -0.508 e. The summed E-state index contributed by atoms with van der Waals surface area (Å²) >= 11 is 0. The van der Waals surface area contributed by atoms with Crippen LogP contribution in [-0.4, -0.2) is 74.9 Å². The lowest BCUT2D eigenvalue weighted by Gasteiger charge is -2.24. The minimum absolute atomic E-state index is 0.00354. The SMILES string of the molecule is NC(Cc1ccc(O)cc1)C(=O)NC(Cc1ccccc1)C(=O)NC(CO)C(=O)NC(Cc1ccc(O)cc1)C(=O)O. The van der Waals surface area contributed by atoms with Gasteiger partial charge in [0.25, 0.3) is 0 Å². The van der Waals surface area contributed by atoms with E-state index in [-0.39, 0.29) is 30.8 Å². The number of nitrogens with two attached hydrogens (primary N) is 1. The molecule has 0 fully saturated rings. The first-order valence-corrected chi connectivity index (χ1v) is 13.2. The van der Waals surface area contributed by atoms with Crippen molar-refractivity contribution >= 4 is 23.7 Å². The number of amides is 3. The van der Waals surface area contributed by atoms with Crippen LogP contribution in [0.3, 0.4) is 0 Å². The van der Waals surface area contributed by atoms with E-state index in [1.54, 1.807) is 42.5 Å². The van der Waals surface area contributed by atoms with E-state index in [0.29, 0.717) is 16.7 Å². The number of carboxylic acid groups (broad SMARTS) is 1. The van der Waals surface area contributed by atoms with Gasteiger partial charge in [-0.05, 0) is 47.4 Å². The number of hydrogen-bond donors (Lipinski definition) is 8. The normalized spacial score (nSPS) is 13.7. The van der Waals surface area contributed by atoms with Crippen molar-refractivity contribution in [3.8, 4) is 11.5 Å². The third-order valence-corrected chi connectivity index (χ3v) is 6.45. The molecule has 4 atom stereocenters. The first-order valence-electron chi connectivity index (χ1n) is 13.2. The summed E-state index contributed by atoms with van der Waals surface area (Å²) in [4.78, 5) is 50.9. The molecule has 12 heteroatoms. The number of rotatable bonds is 14. The average molecular weight is 579 g/mol. The van der Waals surface area contributed by atoms with Gasteiger partial charge in [-0.1, -0.05) is 54.6 Å². The second kappa shape index (κ2) is 15.2. The van der Waals surface area contributed by atoms with Gasteiger partial charge in [0, 0.05) is 12.8 Å². The van der Waals surface area contributed by atoms with E-state index >= 15 is 0 Å². The van der Waals surface area contributed by atoms with Crippen LogP contribution in [0.2, 0.25) is 0 Å². The molecule has 3 amide bonds. The van der Waals surface area contributed by atoms with E-state index in [2.05, 4.69) is 16.0 Å². The molecule has 12 nitrogen and oxygen atoms in total. The lowest BCUT2D eigenvalue weighted by molar-refractivity contribution is -0.142. The van der Waals surface area contributed by atoms with Crippen molar-refractivity contribution < 1.29 is 39.6 Å². The van der Waals surface area contributed by atoms with E-state index in [9.17, 15) is 39.6 Å². The molecular weight excluding hydrogens is 544 g/mol. The molecule has 0 saturated heterocycles. The van der Waals surface area contributed by atoms with Crippen LogP contribution in [0.1, 0.15) is 16.7 Å². The zero-order valence-corrected chi connectivity index (χ0v) is 22.6. The van der Waals surface area contributed by atoms with E-state index in [4.69, 9.17) is 5.73 Å². The Morgan fingerprint density at radius 2 is 1.02 bits per heavy atom. The van der Waals surface area contributed by atoms with Crippen LogP contribution in [0.5, 0.6) is 11.5 Å². The van der Waals surface area contributed by atoms with Gasteiger partial charge >= 0.3 is 5.97 Å². The van der Waals surface area contributed by atoms with Crippen molar-refractivity contribution in [1.82, 2.24) is 16.0 Å². The van der Waals surface area contributed by atoms with Crippen molar-refractivity contribution in [2.45, 2.75) is 43.4 Å². The number of aliphatic hydroxyl groups is 1. The number of benzene rings is 3. The summed E-state index contributed by atoms with van der Waals surface area (Å²) < 4.78 is 0. The Kier molecular flexibility index (Phi) is 11.4. The van der Waals surface area contributed by atoms with Gasteiger partial charge in [0.15, 0.2) is 0 Å². The van der Waals surface area contributed by atoms with Crippen LogP contribution in [0.25, 0.3) is 0 Å². The number of carbonyl (C=O) groups excluding carboxylic acids is 3. The van der Waals surface area contributed by atoms with Crippen molar-refractivity contribution in [2.24, 2.45) is 5.73 Å². The molecule has 0 bridgehead atoms. The van der Waals surface area contributed by atoms with Crippen LogP contribution in [-0.2, 0) is 38.4 Å². The highest BCUT2D eigenvalue weighted by Gasteiger charge is 2.30. The first kappa shape index (κ1) is 31.6. The Labute approximate surface area is 242 Å². The molecule has 0 aromatic heterocycles. The van der Waals surface area contributed by atoms with Gasteiger partial charge in [-0.2, -0.15) is 0 Å². The summed E-state index contributed by atoms with van der Waals surface area (Å²) in [7, 11) is 0. The average Bonchev–Trinajstić information content (AvgIpc) is 2.97. The smallest absolute Gasteiger partial charge is 0.326 e. The molecule has 3 aromatic carbocycles. The van der Waals surface area contributed by atoms with Gasteiger partial charge in [-0.25, -0.2) is 4.79 Å². The van der Waals surface area contributed by atoms with Gasteiger partial charge in [0.2, 0.25) is 17.7 Å². The van der Waals surface area contributed by atoms with Crippen molar-refractivity contribution in [3.05, 3.63) is 95.6 Å². The number of aromatic hydroxyl groups is 2. The van der Waals surface area contributed by atoms with Crippen LogP contribution in [0.15, 0.2) is 78.9 Å². The summed E-state index contributed by atoms with van der Waals surface area (Å²) in [6.45, 7) is -0.838. The van der Waals surface area contributed by atoms with Crippen molar-refractivity contribution in [3.63, 3.8) is 0 Å². The van der Waals surface area contributed by atoms with E-state index < -0.39 is 54.5 Å². The van der Waals surface area contributed by atoms with Crippen LogP contribution < -0.4 is 21.7 Å². The van der Waals surface area contributed by atoms with Gasteiger partial charge in [0.05, 0.1) is 12.6 Å². The van der Waals surface area contributed by atoms with Gasteiger partial charge in [-0.3, -0.25) is 14.4 Å². The fourth-order valence-corrected chi connectivity index (χ4v) is 4.12. The summed E-state index contributed by atoms with van der Waals surface area (Å²) in [5.74, 6) is -3.64. The fraction of sp³-hybridized carbons (Fsp3) is 0.267. The quantitative estimate of drug-likeness (QED) is 0.129. The molecular formula is C30H34N4O8. The van der Waals surface area contributed by atoms with Crippen LogP contribution in [0.4, 0.5) is 0 Å². The number of hydrogen-bond acceptors (Lipinski definition) is 8. The Hall–Kier alpha value is -4.94. The number of carbonyl (C=O) groups is 4. The van der Waals surface area contributed by atoms with Crippen LogP contribution in [0, 0.1) is 0 Å². The predicted molar refractivity (Wildman–Crippen MR) is 152 cm³/mol. The number of aliphatic hydroxyl groups excluding tert-OH is 1. The summed E-state index contributed by atoms with van der Waals surface area (Å²) in [5.41, 5.74) is 8.00. The maximum atomic E-state index is 13.3. The molecule has 0 saturated carbocycles. The van der Waals surface area contributed by atoms with Crippen molar-refractivity contribution in [2.75, 3.05) is 6.61 Å². The molecule has 0 aliphatic carbocycles. The number of phenols is 2. The second-order valence-electron chi connectivity index (χ2n) is 9.74. The van der Waals surface area contributed by atoms with Gasteiger partial charge in [0.1, 0.15) is 29.6 Å². The third kappa shape index (κ3) is 9.61. The summed E-state index contributed by atoms with van der Waals surface area (Å²) in [5, 5.41) is 45.7. The standard InChI is InChI=1S/C30H34N4O8/c31-23(14-19-6-10-21(36)11-7-19)27(38)32-24(15-18-4-2-1-3-5-18)28(39)34-26(17-35)29(40)33-25(30(41)42)16-20-8-12-22(37)13-9-20/h1-13,23-26,35-37H,14-17,31H2,(H,32,38)(H,33,40)(H,34,39)(H,41,42). The van der Waals surface area contributed by atoms with Gasteiger partial charge in [-0.15, -0.1) is 0 Å². The Morgan fingerprint density at radius 3 is 1.55 bits per heavy atom. The highest BCUT2D eigenvalue weighted by Crippen LogP contribution is 2.13. The number of carboxylic acids is 1. The zero-order valence-electron chi connectivity index (χ0n) is 22.6. The Balaban J connectivity index is 1.69. The molecule has 3 aromatic rings. The topological polar surface area (TPSA) is 211 Å². The molecule has 0 spiro atoms. The minimum atomic E-state index is -1.51. The molecule has 0 radical (unpaired) electrons. The molecule has 9 N–H and O–H groups in total. The molecule has 222 valence electrons. The van der Waals surface area contributed by atoms with E-state index in [0.717, 1.165) is 0 Å². The number of nitrogens with one attached hydrogen (secondary N) is 3. The Bertz CT molecular complexity index is 1350. The van der Waals surface area contributed by atoms with Crippen LogP contribution >= 0.6 is 0 Å². The highest BCUT2D eigenvalue weighted by atomic mass is 16.4. The molecule has 4 unspecified atom stereocenters. The molecule has 3 rings (SSSR count). The predicted octanol–water partition coefficient (Wildman–Crippen LogP) is -0.0157. The maximum absolute atomic E-state index is 13.3. The molecule has 0 aliphatic heterocycles. The van der Waals surface area contributed by atoms with Crippen molar-refractivity contribution in [1.29, 1.82) is 0 Å². The Morgan fingerprint density at radius 1 is 0.595 bits per heavy atom. The molecule has 0 heterocycles. The number of phenolic OH excluding ortho intramolecular Hbond substituents is 2. The summed E-state index contributed by atoms with van der Waals surface area (Å²) in [6, 6.07) is 15.6. The fourth-order valence-electron chi connectivity index (χ4n) is 4.12. The first-order chi connectivity index (χ1) is 20.0. The molecule has 42 heavy (non-hydrogen) atoms. The van der Waals surface area contributed by atoms with E-state index in [1.807, 2.05) is 0 Å². The third-order valence-electron chi connectivity index (χ3n) is 6.45. The maximum Gasteiger partial charge on any atom is 0.326 e. The molecule has 0 aliphatic rings. The second-order valence-corrected chi connectivity index (χ2v) is 9.74. The lowest BCUT2D eigenvalue weighted by atomic mass is 10.0. The number of aliphatic carboxylic acids is 1. The van der Waals surface area contributed by atoms with Gasteiger partial charge < -0.3 is 42.1 Å². The summed E-state index contributed by atoms with van der Waals surface area (Å²) in [6.07, 6.45) is 0.0623. The largest absolute Gasteiger partial charge is 0.508 e. The zero-order chi connectivity index (χ0) is 30.6. The highest BCUT2D eigenvalue weighted by molar-refractivity contribution is 5.94. The van der Waals surface area contributed by atoms with E-state index in [1.165, 1.54) is 36.4 Å². The monoisotopic (exact) mass is 578 g/mol. The lowest BCUT2D eigenvalue weighted by Crippen LogP contribution is -2.58.